The van der Waals surface area contributed by atoms with Crippen molar-refractivity contribution in [2.45, 2.75) is 33.3 Å². The van der Waals surface area contributed by atoms with Crippen LogP contribution < -0.4 is 14.8 Å². The summed E-state index contributed by atoms with van der Waals surface area (Å²) in [5.41, 5.74) is -0.135. The van der Waals surface area contributed by atoms with Gasteiger partial charge in [-0.1, -0.05) is 13.8 Å². The van der Waals surface area contributed by atoms with E-state index in [2.05, 4.69) is 5.32 Å². The van der Waals surface area contributed by atoms with Gasteiger partial charge >= 0.3 is 0 Å². The molecule has 0 aromatic heterocycles. The third-order valence-corrected chi connectivity index (χ3v) is 3.27. The van der Waals surface area contributed by atoms with E-state index in [9.17, 15) is 4.79 Å². The number of methoxy groups -OCH3 is 1. The third kappa shape index (κ3) is 6.04. The fourth-order valence-corrected chi connectivity index (χ4v) is 1.77. The van der Waals surface area contributed by atoms with Crippen molar-refractivity contribution >= 4 is 5.91 Å². The molecule has 118 valence electrons. The number of benzene rings is 1. The Kier molecular flexibility index (Phi) is 6.49. The highest BCUT2D eigenvalue weighted by Gasteiger charge is 2.21. The normalized spacial score (nSPS) is 12.6. The van der Waals surface area contributed by atoms with Crippen LogP contribution in [0, 0.1) is 5.41 Å². The SMILES string of the molecule is COc1ccc(OC(C)C(=O)NCC(C)(C)CCO)cc1. The fraction of sp³-hybridized carbons (Fsp3) is 0.562. The Morgan fingerprint density at radius 2 is 1.86 bits per heavy atom. The minimum absolute atomic E-state index is 0.112. The standard InChI is InChI=1S/C16H25NO4/c1-12(15(19)17-11-16(2,3)9-10-18)21-14-7-5-13(20-4)6-8-14/h5-8,12,18H,9-11H2,1-4H3,(H,17,19). The molecule has 21 heavy (non-hydrogen) atoms. The van der Waals surface area contributed by atoms with Crippen molar-refractivity contribution < 1.29 is 19.4 Å². The van der Waals surface area contributed by atoms with Crippen LogP contribution in [0.2, 0.25) is 0 Å². The maximum absolute atomic E-state index is 12.0. The Morgan fingerprint density at radius 3 is 2.38 bits per heavy atom. The molecule has 0 saturated heterocycles. The van der Waals surface area contributed by atoms with Crippen molar-refractivity contribution in [1.29, 1.82) is 0 Å². The van der Waals surface area contributed by atoms with Gasteiger partial charge in [-0.2, -0.15) is 0 Å². The second-order valence-electron chi connectivity index (χ2n) is 5.79. The topological polar surface area (TPSA) is 67.8 Å². The van der Waals surface area contributed by atoms with E-state index in [1.165, 1.54) is 0 Å². The minimum atomic E-state index is -0.580. The molecule has 0 fully saturated rings. The van der Waals surface area contributed by atoms with E-state index in [-0.39, 0.29) is 17.9 Å². The Morgan fingerprint density at radius 1 is 1.29 bits per heavy atom. The van der Waals surface area contributed by atoms with Crippen molar-refractivity contribution in [2.24, 2.45) is 5.41 Å². The van der Waals surface area contributed by atoms with Gasteiger partial charge in [0.2, 0.25) is 0 Å². The molecule has 1 amide bonds. The summed E-state index contributed by atoms with van der Waals surface area (Å²) in [5, 5.41) is 11.8. The van der Waals surface area contributed by atoms with Gasteiger partial charge in [-0.25, -0.2) is 0 Å². The number of aliphatic hydroxyl groups excluding tert-OH is 1. The molecule has 0 saturated carbocycles. The summed E-state index contributed by atoms with van der Waals surface area (Å²) in [7, 11) is 1.60. The van der Waals surface area contributed by atoms with Crippen molar-refractivity contribution in [1.82, 2.24) is 5.32 Å². The second kappa shape index (κ2) is 7.88. The number of carbonyl (C=O) groups is 1. The Balaban J connectivity index is 2.46. The molecule has 0 bridgehead atoms. The number of aliphatic hydroxyl groups is 1. The zero-order chi connectivity index (χ0) is 15.9. The van der Waals surface area contributed by atoms with Gasteiger partial charge in [0.15, 0.2) is 6.10 Å². The maximum atomic E-state index is 12.0. The summed E-state index contributed by atoms with van der Waals surface area (Å²) >= 11 is 0. The van der Waals surface area contributed by atoms with Crippen molar-refractivity contribution in [2.75, 3.05) is 20.3 Å². The summed E-state index contributed by atoms with van der Waals surface area (Å²) in [6.07, 6.45) is 0.0596. The summed E-state index contributed by atoms with van der Waals surface area (Å²) in [6, 6.07) is 7.09. The van der Waals surface area contributed by atoms with Crippen LogP contribution in [0.4, 0.5) is 0 Å². The minimum Gasteiger partial charge on any atom is -0.497 e. The number of hydrogen-bond donors (Lipinski definition) is 2. The van der Waals surface area contributed by atoms with Gasteiger partial charge in [0.25, 0.3) is 5.91 Å². The first-order valence-corrected chi connectivity index (χ1v) is 7.07. The van der Waals surface area contributed by atoms with Gasteiger partial charge in [-0.05, 0) is 43.0 Å². The highest BCUT2D eigenvalue weighted by atomic mass is 16.5. The predicted octanol–water partition coefficient (Wildman–Crippen LogP) is 1.99. The third-order valence-electron chi connectivity index (χ3n) is 3.27. The molecule has 0 aliphatic heterocycles. The van der Waals surface area contributed by atoms with Crippen LogP contribution in [0.15, 0.2) is 24.3 Å². The van der Waals surface area contributed by atoms with Crippen LogP contribution in [0.25, 0.3) is 0 Å². The van der Waals surface area contributed by atoms with Crippen LogP contribution >= 0.6 is 0 Å². The first kappa shape index (κ1) is 17.3. The van der Waals surface area contributed by atoms with E-state index in [1.807, 2.05) is 13.8 Å². The van der Waals surface area contributed by atoms with Crippen molar-refractivity contribution in [3.05, 3.63) is 24.3 Å². The molecule has 1 aromatic carbocycles. The Hall–Kier alpha value is -1.75. The van der Waals surface area contributed by atoms with Gasteiger partial charge in [0.1, 0.15) is 11.5 Å². The van der Waals surface area contributed by atoms with Gasteiger partial charge in [-0.15, -0.1) is 0 Å². The molecule has 1 aromatic rings. The molecule has 1 rings (SSSR count). The average molecular weight is 295 g/mol. The van der Waals surface area contributed by atoms with Crippen LogP contribution in [0.5, 0.6) is 11.5 Å². The Bertz CT molecular complexity index is 442. The zero-order valence-corrected chi connectivity index (χ0v) is 13.2. The molecule has 0 aliphatic rings. The second-order valence-corrected chi connectivity index (χ2v) is 5.79. The van der Waals surface area contributed by atoms with E-state index in [0.717, 1.165) is 5.75 Å². The molecule has 0 spiro atoms. The zero-order valence-electron chi connectivity index (χ0n) is 13.2. The van der Waals surface area contributed by atoms with Crippen LogP contribution in [-0.4, -0.2) is 37.4 Å². The first-order chi connectivity index (χ1) is 9.88. The summed E-state index contributed by atoms with van der Waals surface area (Å²) in [4.78, 5) is 12.0. The van der Waals surface area contributed by atoms with Gasteiger partial charge in [-0.3, -0.25) is 4.79 Å². The van der Waals surface area contributed by atoms with E-state index >= 15 is 0 Å². The lowest BCUT2D eigenvalue weighted by Gasteiger charge is -2.25. The van der Waals surface area contributed by atoms with Gasteiger partial charge in [0, 0.05) is 13.2 Å². The molecule has 2 N–H and O–H groups in total. The van der Waals surface area contributed by atoms with E-state index in [1.54, 1.807) is 38.3 Å². The van der Waals surface area contributed by atoms with E-state index in [4.69, 9.17) is 14.6 Å². The quantitative estimate of drug-likeness (QED) is 0.769. The number of ether oxygens (including phenoxy) is 2. The monoisotopic (exact) mass is 295 g/mol. The van der Waals surface area contributed by atoms with Gasteiger partial charge < -0.3 is 19.9 Å². The number of carbonyl (C=O) groups excluding carboxylic acids is 1. The lowest BCUT2D eigenvalue weighted by atomic mass is 9.90. The lowest BCUT2D eigenvalue weighted by molar-refractivity contribution is -0.127. The molecule has 1 atom stereocenters. The van der Waals surface area contributed by atoms with Crippen LogP contribution in [0.1, 0.15) is 27.2 Å². The fourth-order valence-electron chi connectivity index (χ4n) is 1.77. The summed E-state index contributed by atoms with van der Waals surface area (Å²) in [6.45, 7) is 6.32. The number of nitrogens with one attached hydrogen (secondary N) is 1. The van der Waals surface area contributed by atoms with E-state index < -0.39 is 6.10 Å². The molecule has 0 heterocycles. The van der Waals surface area contributed by atoms with Crippen molar-refractivity contribution in [3.8, 4) is 11.5 Å². The van der Waals surface area contributed by atoms with E-state index in [0.29, 0.717) is 18.7 Å². The molecule has 5 heteroatoms. The predicted molar refractivity (Wildman–Crippen MR) is 81.6 cm³/mol. The first-order valence-electron chi connectivity index (χ1n) is 7.07. The summed E-state index contributed by atoms with van der Waals surface area (Å²) in [5.74, 6) is 1.19. The summed E-state index contributed by atoms with van der Waals surface area (Å²) < 4.78 is 10.6. The number of amides is 1. The molecule has 1 unspecified atom stereocenters. The lowest BCUT2D eigenvalue weighted by Crippen LogP contribution is -2.41. The molecular formula is C16H25NO4. The van der Waals surface area contributed by atoms with Crippen LogP contribution in [0.3, 0.4) is 0 Å². The molecule has 0 radical (unpaired) electrons. The van der Waals surface area contributed by atoms with Gasteiger partial charge in [0.05, 0.1) is 7.11 Å². The number of rotatable bonds is 8. The molecular weight excluding hydrogens is 270 g/mol. The maximum Gasteiger partial charge on any atom is 0.260 e. The average Bonchev–Trinajstić information content (AvgIpc) is 2.45. The molecule has 0 aliphatic carbocycles. The van der Waals surface area contributed by atoms with Crippen molar-refractivity contribution in [3.63, 3.8) is 0 Å². The molecule has 5 nitrogen and oxygen atoms in total. The smallest absolute Gasteiger partial charge is 0.260 e. The highest BCUT2D eigenvalue weighted by Crippen LogP contribution is 2.19. The largest absolute Gasteiger partial charge is 0.497 e. The highest BCUT2D eigenvalue weighted by molar-refractivity contribution is 5.80. The Labute approximate surface area is 126 Å². The number of hydrogen-bond acceptors (Lipinski definition) is 4. The van der Waals surface area contributed by atoms with Crippen LogP contribution in [-0.2, 0) is 4.79 Å².